The smallest absolute Gasteiger partial charge is 0.166 e. The highest BCUT2D eigenvalue weighted by atomic mass is 16.9. The lowest BCUT2D eigenvalue weighted by atomic mass is 9.80. The molecule has 1 saturated heterocycles. The van der Waals surface area contributed by atoms with Crippen molar-refractivity contribution in [2.24, 2.45) is 0 Å². The van der Waals surface area contributed by atoms with Crippen molar-refractivity contribution in [3.63, 3.8) is 0 Å². The van der Waals surface area contributed by atoms with Crippen molar-refractivity contribution in [3.05, 3.63) is 108 Å². The summed E-state index contributed by atoms with van der Waals surface area (Å²) >= 11 is 0. The lowest BCUT2D eigenvalue weighted by molar-refractivity contribution is 0.159. The van der Waals surface area contributed by atoms with Crippen LogP contribution in [-0.4, -0.2) is 10.8 Å². The predicted octanol–water partition coefficient (Wildman–Crippen LogP) is 6.08. The number of hydroxylamine groups is 2. The Balaban J connectivity index is 1.37. The zero-order valence-corrected chi connectivity index (χ0v) is 15.5. The highest BCUT2D eigenvalue weighted by Crippen LogP contribution is 2.55. The first-order valence-electron chi connectivity index (χ1n) is 9.99. The van der Waals surface area contributed by atoms with Crippen LogP contribution in [0.2, 0.25) is 0 Å². The molecule has 2 heteroatoms. The van der Waals surface area contributed by atoms with Crippen LogP contribution in [0.3, 0.4) is 0 Å². The molecule has 1 aliphatic heterocycles. The third-order valence-corrected chi connectivity index (χ3v) is 6.14. The van der Waals surface area contributed by atoms with E-state index < -0.39 is 0 Å². The molecule has 1 saturated carbocycles. The molecule has 2 nitrogen and oxygen atoms in total. The molecule has 136 valence electrons. The van der Waals surface area contributed by atoms with Crippen molar-refractivity contribution in [3.8, 4) is 0 Å². The third kappa shape index (κ3) is 3.20. The molecule has 3 aromatic carbocycles. The van der Waals surface area contributed by atoms with Crippen molar-refractivity contribution in [1.82, 2.24) is 5.06 Å². The summed E-state index contributed by atoms with van der Waals surface area (Å²) in [6, 6.07) is 32.6. The molecular weight excluding hydrogens is 330 g/mol. The van der Waals surface area contributed by atoms with Gasteiger partial charge in [-0.2, -0.15) is 0 Å². The summed E-state index contributed by atoms with van der Waals surface area (Å²) in [4.78, 5) is 6.33. The normalized spacial score (nSPS) is 27.0. The molecule has 1 heterocycles. The highest BCUT2D eigenvalue weighted by Gasteiger charge is 2.59. The van der Waals surface area contributed by atoms with Gasteiger partial charge in [-0.25, -0.2) is 0 Å². The number of benzene rings is 3. The second kappa shape index (κ2) is 6.95. The minimum absolute atomic E-state index is 0.0817. The Morgan fingerprint density at radius 3 is 1.70 bits per heavy atom. The summed E-state index contributed by atoms with van der Waals surface area (Å²) < 4.78 is 0. The van der Waals surface area contributed by atoms with Crippen LogP contribution in [-0.2, 0) is 4.84 Å². The maximum atomic E-state index is 6.33. The van der Waals surface area contributed by atoms with Crippen molar-refractivity contribution in [1.29, 1.82) is 0 Å². The van der Waals surface area contributed by atoms with Gasteiger partial charge in [0.05, 0.1) is 6.04 Å². The Morgan fingerprint density at radius 2 is 1.19 bits per heavy atom. The molecule has 0 amide bonds. The molecule has 1 spiro atoms. The molecule has 1 unspecified atom stereocenters. The predicted molar refractivity (Wildman–Crippen MR) is 108 cm³/mol. The summed E-state index contributed by atoms with van der Waals surface area (Å²) in [6.07, 6.45) is 4.58. The number of rotatable bonds is 4. The summed E-state index contributed by atoms with van der Waals surface area (Å²) in [5.74, 6) is 0.662. The molecule has 0 radical (unpaired) electrons. The van der Waals surface area contributed by atoms with E-state index >= 15 is 0 Å². The lowest BCUT2D eigenvalue weighted by Gasteiger charge is -2.28. The second-order valence-corrected chi connectivity index (χ2v) is 7.77. The fourth-order valence-electron chi connectivity index (χ4n) is 4.62. The Kier molecular flexibility index (Phi) is 4.31. The largest absolute Gasteiger partial charge is 0.271 e. The SMILES string of the molecule is c1ccc(C2CCC3(CC2)ON3C(c2ccccc2)c2ccccc2)cc1. The minimum Gasteiger partial charge on any atom is -0.271 e. The van der Waals surface area contributed by atoms with Crippen molar-refractivity contribution >= 4 is 0 Å². The van der Waals surface area contributed by atoms with Crippen molar-refractivity contribution in [2.45, 2.75) is 43.4 Å². The summed E-state index contributed by atoms with van der Waals surface area (Å²) in [5, 5.41) is 2.26. The zero-order chi connectivity index (χ0) is 18.1. The molecule has 0 N–H and O–H groups in total. The fourth-order valence-corrected chi connectivity index (χ4v) is 4.62. The first-order chi connectivity index (χ1) is 13.4. The van der Waals surface area contributed by atoms with E-state index in [-0.39, 0.29) is 11.8 Å². The number of nitrogens with zero attached hydrogens (tertiary/aromatic N) is 1. The van der Waals surface area contributed by atoms with E-state index in [0.717, 1.165) is 12.8 Å². The summed E-state index contributed by atoms with van der Waals surface area (Å²) in [6.45, 7) is 0. The summed E-state index contributed by atoms with van der Waals surface area (Å²) in [5.41, 5.74) is 3.99. The highest BCUT2D eigenvalue weighted by molar-refractivity contribution is 5.33. The van der Waals surface area contributed by atoms with Crippen LogP contribution in [0.5, 0.6) is 0 Å². The molecule has 27 heavy (non-hydrogen) atoms. The van der Waals surface area contributed by atoms with Gasteiger partial charge in [0.2, 0.25) is 0 Å². The molecule has 1 atom stereocenters. The van der Waals surface area contributed by atoms with Gasteiger partial charge in [0.1, 0.15) is 0 Å². The van der Waals surface area contributed by atoms with Crippen LogP contribution in [0, 0.1) is 0 Å². The van der Waals surface area contributed by atoms with E-state index in [1.54, 1.807) is 0 Å². The lowest BCUT2D eigenvalue weighted by Crippen LogP contribution is -2.27. The van der Waals surface area contributed by atoms with Crippen LogP contribution in [0.1, 0.15) is 54.3 Å². The van der Waals surface area contributed by atoms with Crippen LogP contribution in [0.15, 0.2) is 91.0 Å². The second-order valence-electron chi connectivity index (χ2n) is 7.77. The molecular formula is C25H25NO. The first-order valence-corrected chi connectivity index (χ1v) is 9.99. The molecule has 5 rings (SSSR count). The van der Waals surface area contributed by atoms with Gasteiger partial charge in [-0.15, -0.1) is 5.06 Å². The van der Waals surface area contributed by atoms with Crippen molar-refractivity contribution in [2.75, 3.05) is 0 Å². The van der Waals surface area contributed by atoms with E-state index in [2.05, 4.69) is 96.1 Å². The Labute approximate surface area is 161 Å². The molecule has 0 bridgehead atoms. The van der Waals surface area contributed by atoms with Crippen LogP contribution < -0.4 is 0 Å². The Hall–Kier alpha value is -2.42. The standard InChI is InChI=1S/C25H25NO/c1-4-10-20(11-5-1)21-16-18-25(19-17-21)26(27-25)24(22-12-6-2-7-13-22)23-14-8-3-9-15-23/h1-15,21,24H,16-19H2. The van der Waals surface area contributed by atoms with Gasteiger partial charge >= 0.3 is 0 Å². The van der Waals surface area contributed by atoms with Crippen LogP contribution >= 0.6 is 0 Å². The molecule has 2 fully saturated rings. The average molecular weight is 355 g/mol. The van der Waals surface area contributed by atoms with Crippen LogP contribution in [0.25, 0.3) is 0 Å². The maximum absolute atomic E-state index is 6.33. The van der Waals surface area contributed by atoms with Crippen LogP contribution in [0.4, 0.5) is 0 Å². The quantitative estimate of drug-likeness (QED) is 0.527. The minimum atomic E-state index is -0.0817. The van der Waals surface area contributed by atoms with Gasteiger partial charge in [0.25, 0.3) is 0 Å². The Bertz CT molecular complexity index is 830. The van der Waals surface area contributed by atoms with Gasteiger partial charge < -0.3 is 0 Å². The first kappa shape index (κ1) is 16.7. The Morgan fingerprint density at radius 1 is 0.704 bits per heavy atom. The van der Waals surface area contributed by atoms with Crippen molar-refractivity contribution < 1.29 is 4.84 Å². The molecule has 1 aliphatic carbocycles. The number of hydrogen-bond donors (Lipinski definition) is 0. The van der Waals surface area contributed by atoms with Gasteiger partial charge in [-0.1, -0.05) is 91.0 Å². The zero-order valence-electron chi connectivity index (χ0n) is 15.5. The fraction of sp³-hybridized carbons (Fsp3) is 0.280. The topological polar surface area (TPSA) is 15.5 Å². The van der Waals surface area contributed by atoms with E-state index in [9.17, 15) is 0 Å². The van der Waals surface area contributed by atoms with E-state index in [4.69, 9.17) is 4.84 Å². The van der Waals surface area contributed by atoms with Gasteiger partial charge in [-0.3, -0.25) is 4.84 Å². The van der Waals surface area contributed by atoms with E-state index in [1.165, 1.54) is 29.5 Å². The van der Waals surface area contributed by atoms with Gasteiger partial charge in [0.15, 0.2) is 5.72 Å². The van der Waals surface area contributed by atoms with E-state index in [1.807, 2.05) is 0 Å². The molecule has 0 aromatic heterocycles. The maximum Gasteiger partial charge on any atom is 0.166 e. The molecule has 3 aromatic rings. The van der Waals surface area contributed by atoms with E-state index in [0.29, 0.717) is 5.92 Å². The molecule has 2 aliphatic rings. The van der Waals surface area contributed by atoms with Gasteiger partial charge in [0, 0.05) is 0 Å². The third-order valence-electron chi connectivity index (χ3n) is 6.14. The average Bonchev–Trinajstić information content (AvgIpc) is 3.43. The monoisotopic (exact) mass is 355 g/mol. The van der Waals surface area contributed by atoms with Gasteiger partial charge in [-0.05, 0) is 48.3 Å². The number of hydrogen-bond acceptors (Lipinski definition) is 2. The summed E-state index contributed by atoms with van der Waals surface area (Å²) in [7, 11) is 0.